The minimum absolute atomic E-state index is 0.132. The lowest BCUT2D eigenvalue weighted by molar-refractivity contribution is -0.140. The Kier molecular flexibility index (Phi) is 18.3. The summed E-state index contributed by atoms with van der Waals surface area (Å²) in [5, 5.41) is 0. The van der Waals surface area contributed by atoms with Gasteiger partial charge >= 0.3 is 6.18 Å². The Bertz CT molecular complexity index is 1850. The highest BCUT2D eigenvalue weighted by Crippen LogP contribution is 2.39. The molecule has 58 heavy (non-hydrogen) atoms. The van der Waals surface area contributed by atoms with E-state index in [-0.39, 0.29) is 18.1 Å². The highest BCUT2D eigenvalue weighted by Gasteiger charge is 2.34. The van der Waals surface area contributed by atoms with Crippen LogP contribution in [0.2, 0.25) is 0 Å². The van der Waals surface area contributed by atoms with E-state index in [0.717, 1.165) is 94.9 Å². The number of rotatable bonds is 25. The number of nitrogens with zero attached hydrogens (tertiary/aromatic N) is 5. The van der Waals surface area contributed by atoms with Crippen LogP contribution in [-0.4, -0.2) is 84.7 Å². The van der Waals surface area contributed by atoms with Gasteiger partial charge in [-0.05, 0) is 94.2 Å². The monoisotopic (exact) mass is 811 g/mol. The molecule has 0 bridgehead atoms. The minimum Gasteiger partial charge on any atom is -0.497 e. The summed E-state index contributed by atoms with van der Waals surface area (Å²) in [6.07, 6.45) is 6.68. The van der Waals surface area contributed by atoms with Crippen molar-refractivity contribution >= 4 is 18.0 Å². The Morgan fingerprint density at radius 3 is 2.22 bits per heavy atom. The van der Waals surface area contributed by atoms with Crippen LogP contribution >= 0.6 is 0 Å². The summed E-state index contributed by atoms with van der Waals surface area (Å²) in [5.74, 6) is 0.385. The number of benzene rings is 2. The fraction of sp³-hybridized carbons (Fsp3) is 0.511. The summed E-state index contributed by atoms with van der Waals surface area (Å²) >= 11 is 0. The van der Waals surface area contributed by atoms with Crippen LogP contribution in [0, 0.1) is 11.7 Å². The molecule has 1 unspecified atom stereocenters. The maximum atomic E-state index is 14.1. The van der Waals surface area contributed by atoms with Crippen molar-refractivity contribution in [3.8, 4) is 28.6 Å². The lowest BCUT2D eigenvalue weighted by Gasteiger charge is -2.18. The first-order valence-corrected chi connectivity index (χ1v) is 20.6. The number of hydrogen-bond acceptors (Lipinski definition) is 8. The van der Waals surface area contributed by atoms with Gasteiger partial charge in [0.15, 0.2) is 5.76 Å². The molecule has 1 atom stereocenters. The zero-order valence-electron chi connectivity index (χ0n) is 35.0. The lowest BCUT2D eigenvalue weighted by Crippen LogP contribution is -2.24. The third-order valence-corrected chi connectivity index (χ3v) is 10.0. The van der Waals surface area contributed by atoms with E-state index >= 15 is 0 Å². The van der Waals surface area contributed by atoms with Crippen LogP contribution in [0.1, 0.15) is 90.6 Å². The summed E-state index contributed by atoms with van der Waals surface area (Å²) in [4.78, 5) is 14.4. The molecule has 2 aromatic carbocycles. The van der Waals surface area contributed by atoms with Crippen molar-refractivity contribution < 1.29 is 36.5 Å². The second-order valence-electron chi connectivity index (χ2n) is 14.2. The molecule has 0 amide bonds. The summed E-state index contributed by atoms with van der Waals surface area (Å²) in [6, 6.07) is 7.54. The molecule has 0 aliphatic carbocycles. The van der Waals surface area contributed by atoms with Crippen molar-refractivity contribution in [1.29, 1.82) is 0 Å². The topological polar surface area (TPSA) is 73.6 Å². The Labute approximate surface area is 342 Å². The van der Waals surface area contributed by atoms with Gasteiger partial charge in [-0.1, -0.05) is 60.6 Å². The van der Waals surface area contributed by atoms with E-state index in [1.165, 1.54) is 0 Å². The van der Waals surface area contributed by atoms with Gasteiger partial charge in [0.1, 0.15) is 47.5 Å². The Morgan fingerprint density at radius 1 is 0.931 bits per heavy atom. The number of unbranched alkanes of at least 4 members (excludes halogenated alkanes) is 1. The second-order valence-corrected chi connectivity index (χ2v) is 14.2. The summed E-state index contributed by atoms with van der Waals surface area (Å²) in [6.45, 7) is 24.3. The van der Waals surface area contributed by atoms with Crippen molar-refractivity contribution in [3.05, 3.63) is 83.8 Å². The van der Waals surface area contributed by atoms with E-state index in [9.17, 15) is 17.6 Å². The van der Waals surface area contributed by atoms with Gasteiger partial charge in [-0.15, -0.1) is 0 Å². The molecular weight excluding hydrogens is 751 g/mol. The molecule has 1 aromatic heterocycles. The van der Waals surface area contributed by atoms with Crippen LogP contribution in [0.4, 0.5) is 17.6 Å². The number of ether oxygens (including phenoxy) is 4. The molecular formula is C45H61F4N5O4. The fourth-order valence-electron chi connectivity index (χ4n) is 6.51. The van der Waals surface area contributed by atoms with Crippen molar-refractivity contribution in [2.45, 2.75) is 86.4 Å². The quantitative estimate of drug-likeness (QED) is 0.0479. The van der Waals surface area contributed by atoms with Crippen LogP contribution in [0.15, 0.2) is 66.0 Å². The fourth-order valence-corrected chi connectivity index (χ4v) is 6.51. The smallest absolute Gasteiger partial charge is 0.419 e. The number of aromatic nitrogens is 2. The van der Waals surface area contributed by atoms with Gasteiger partial charge in [-0.2, -0.15) is 13.2 Å². The highest BCUT2D eigenvalue weighted by molar-refractivity contribution is 5.74. The third-order valence-electron chi connectivity index (χ3n) is 10.0. The molecule has 13 heteroatoms. The van der Waals surface area contributed by atoms with Crippen molar-refractivity contribution in [3.63, 3.8) is 0 Å². The van der Waals surface area contributed by atoms with Crippen LogP contribution in [0.3, 0.4) is 0 Å². The molecule has 0 saturated heterocycles. The van der Waals surface area contributed by atoms with Gasteiger partial charge < -0.3 is 33.3 Å². The molecule has 0 radical (unpaired) electrons. The van der Waals surface area contributed by atoms with Gasteiger partial charge in [0.2, 0.25) is 0 Å². The zero-order valence-corrected chi connectivity index (χ0v) is 35.0. The zero-order chi connectivity index (χ0) is 42.1. The molecule has 0 spiro atoms. The summed E-state index contributed by atoms with van der Waals surface area (Å²) in [5.41, 5.74) is 1.26. The first kappa shape index (κ1) is 46.1. The lowest BCUT2D eigenvalue weighted by atomic mass is 10.1. The van der Waals surface area contributed by atoms with Crippen LogP contribution in [-0.2, 0) is 22.2 Å². The van der Waals surface area contributed by atoms with Crippen molar-refractivity contribution in [2.75, 3.05) is 59.1 Å². The molecule has 2 heterocycles. The van der Waals surface area contributed by atoms with E-state index in [0.29, 0.717) is 60.3 Å². The van der Waals surface area contributed by atoms with Crippen molar-refractivity contribution in [1.82, 2.24) is 19.4 Å². The molecule has 9 nitrogen and oxygen atoms in total. The maximum Gasteiger partial charge on any atom is 0.419 e. The number of halogens is 4. The van der Waals surface area contributed by atoms with E-state index in [1.54, 1.807) is 30.5 Å². The molecule has 3 aromatic rings. The molecule has 1 aliphatic rings. The predicted octanol–water partition coefficient (Wildman–Crippen LogP) is 11.1. The van der Waals surface area contributed by atoms with Crippen molar-refractivity contribution in [2.24, 2.45) is 10.9 Å². The van der Waals surface area contributed by atoms with Gasteiger partial charge in [0, 0.05) is 31.9 Å². The van der Waals surface area contributed by atoms with Gasteiger partial charge in [-0.3, -0.25) is 4.99 Å². The van der Waals surface area contributed by atoms with Gasteiger partial charge in [-0.25, -0.2) is 9.37 Å². The third kappa shape index (κ3) is 13.2. The summed E-state index contributed by atoms with van der Waals surface area (Å²) < 4.78 is 81.8. The Morgan fingerprint density at radius 2 is 1.60 bits per heavy atom. The Hall–Kier alpha value is -4.62. The molecule has 0 saturated carbocycles. The normalized spacial score (nSPS) is 14.6. The second kappa shape index (κ2) is 23.1. The molecule has 1 aliphatic heterocycles. The largest absolute Gasteiger partial charge is 0.497 e. The first-order chi connectivity index (χ1) is 28.0. The van der Waals surface area contributed by atoms with E-state index in [2.05, 4.69) is 67.5 Å². The standard InChI is InChI=1S/C45H61F4N5O4/c1-8-14-25-54-40(9-2)43(42(56-27-16-24-53(12-5)13-6)32-55-26-15-23-52(10-3)11-4)51-44(54)37-21-19-36(29-41(37)57-31-34-18-17-33(7)30-50-34)58-35-20-22-39(46)38(28-35)45(47,48)49/h9,18-22,28-30,32-33H,2,8,10-17,23-27,31H2,1,3-7H3/b42-32+. The number of aliphatic imine (C=N–C) groups is 1. The van der Waals surface area contributed by atoms with E-state index < -0.39 is 17.6 Å². The molecule has 0 fully saturated rings. The van der Waals surface area contributed by atoms with E-state index in [1.807, 2.05) is 12.3 Å². The van der Waals surface area contributed by atoms with Crippen LogP contribution in [0.25, 0.3) is 23.2 Å². The van der Waals surface area contributed by atoms with E-state index in [4.69, 9.17) is 23.9 Å². The highest BCUT2D eigenvalue weighted by atomic mass is 19.4. The molecule has 318 valence electrons. The van der Waals surface area contributed by atoms with Crippen LogP contribution < -0.4 is 9.47 Å². The molecule has 4 rings (SSSR count). The van der Waals surface area contributed by atoms with Gasteiger partial charge in [0.25, 0.3) is 0 Å². The first-order valence-electron chi connectivity index (χ1n) is 20.6. The maximum absolute atomic E-state index is 14.1. The SMILES string of the molecule is C=Cc1c(/C(=C\OCCCN(CC)CC)OCCCN(CC)CC)nc(-c2ccc(Oc3ccc(F)c(C(F)(F)F)c3)cc2OCC2=CCC(C)C=N2)n1CCCC. The minimum atomic E-state index is -4.89. The average Bonchev–Trinajstić information content (AvgIpc) is 3.58. The predicted molar refractivity (Wildman–Crippen MR) is 225 cm³/mol. The number of allylic oxidation sites excluding steroid dienone is 1. The average molecular weight is 812 g/mol. The van der Waals surface area contributed by atoms with Crippen LogP contribution in [0.5, 0.6) is 17.2 Å². The number of alkyl halides is 3. The molecule has 0 N–H and O–H groups in total. The summed E-state index contributed by atoms with van der Waals surface area (Å²) in [7, 11) is 0. The number of imidazole rings is 1. The van der Waals surface area contributed by atoms with Gasteiger partial charge in [0.05, 0.1) is 35.7 Å². The number of hydrogen-bond donors (Lipinski definition) is 0. The Balaban J connectivity index is 1.78.